The van der Waals surface area contributed by atoms with Crippen molar-refractivity contribution < 1.29 is 9.47 Å². The van der Waals surface area contributed by atoms with Crippen LogP contribution >= 0.6 is 0 Å². The molecule has 0 aliphatic carbocycles. The molecule has 2 heterocycles. The van der Waals surface area contributed by atoms with Crippen LogP contribution in [-0.2, 0) is 6.42 Å². The lowest BCUT2D eigenvalue weighted by atomic mass is 10.2. The average molecular weight is 244 g/mol. The molecule has 1 aliphatic rings. The van der Waals surface area contributed by atoms with Crippen LogP contribution in [0.1, 0.15) is 17.2 Å². The Hall–Kier alpha value is -1.97. The predicted molar refractivity (Wildman–Crippen MR) is 68.1 cm³/mol. The SMILES string of the molecule is Cc1nc(CC2COc3ccccc3O2)[nH]c1C. The topological polar surface area (TPSA) is 47.1 Å². The smallest absolute Gasteiger partial charge is 0.161 e. The molecule has 0 fully saturated rings. The molecule has 0 bridgehead atoms. The van der Waals surface area contributed by atoms with Crippen LogP contribution in [-0.4, -0.2) is 22.7 Å². The van der Waals surface area contributed by atoms with Gasteiger partial charge in [0.1, 0.15) is 18.5 Å². The van der Waals surface area contributed by atoms with E-state index in [1.165, 1.54) is 0 Å². The van der Waals surface area contributed by atoms with Crippen LogP contribution in [0, 0.1) is 13.8 Å². The summed E-state index contributed by atoms with van der Waals surface area (Å²) < 4.78 is 11.6. The Labute approximate surface area is 106 Å². The third-order valence-corrected chi connectivity index (χ3v) is 3.17. The molecule has 1 N–H and O–H groups in total. The summed E-state index contributed by atoms with van der Waals surface area (Å²) in [5.41, 5.74) is 2.16. The minimum atomic E-state index is 0.0184. The number of hydrogen-bond acceptors (Lipinski definition) is 3. The maximum Gasteiger partial charge on any atom is 0.161 e. The third-order valence-electron chi connectivity index (χ3n) is 3.17. The van der Waals surface area contributed by atoms with Crippen molar-refractivity contribution in [1.82, 2.24) is 9.97 Å². The number of H-pyrrole nitrogens is 1. The number of nitrogens with one attached hydrogen (secondary N) is 1. The van der Waals surface area contributed by atoms with Gasteiger partial charge in [-0.2, -0.15) is 0 Å². The molecule has 1 atom stereocenters. The van der Waals surface area contributed by atoms with Crippen LogP contribution in [0.5, 0.6) is 11.5 Å². The maximum atomic E-state index is 5.90. The molecule has 94 valence electrons. The first-order valence-electron chi connectivity index (χ1n) is 6.13. The van der Waals surface area contributed by atoms with Crippen LogP contribution in [0.15, 0.2) is 24.3 Å². The number of ether oxygens (including phenoxy) is 2. The summed E-state index contributed by atoms with van der Waals surface area (Å²) in [7, 11) is 0. The van der Waals surface area contributed by atoms with Crippen LogP contribution in [0.25, 0.3) is 0 Å². The Kier molecular flexibility index (Phi) is 2.70. The van der Waals surface area contributed by atoms with Crippen molar-refractivity contribution >= 4 is 0 Å². The quantitative estimate of drug-likeness (QED) is 0.882. The summed E-state index contributed by atoms with van der Waals surface area (Å²) >= 11 is 0. The number of rotatable bonds is 2. The van der Waals surface area contributed by atoms with Crippen molar-refractivity contribution in [1.29, 1.82) is 0 Å². The number of aryl methyl sites for hydroxylation is 2. The monoisotopic (exact) mass is 244 g/mol. The minimum absolute atomic E-state index is 0.0184. The minimum Gasteiger partial charge on any atom is -0.486 e. The van der Waals surface area contributed by atoms with Crippen LogP contribution < -0.4 is 9.47 Å². The molecule has 1 aromatic heterocycles. The molecule has 0 saturated carbocycles. The summed E-state index contributed by atoms with van der Waals surface area (Å²) in [6.45, 7) is 4.60. The van der Waals surface area contributed by atoms with E-state index >= 15 is 0 Å². The Morgan fingerprint density at radius 1 is 1.28 bits per heavy atom. The number of aromatic nitrogens is 2. The fourth-order valence-corrected chi connectivity index (χ4v) is 2.10. The number of imidazole rings is 1. The summed E-state index contributed by atoms with van der Waals surface area (Å²) in [4.78, 5) is 7.74. The Morgan fingerprint density at radius 3 is 2.78 bits per heavy atom. The zero-order valence-electron chi connectivity index (χ0n) is 10.6. The summed E-state index contributed by atoms with van der Waals surface area (Å²) in [6, 6.07) is 7.75. The van der Waals surface area contributed by atoms with Crippen molar-refractivity contribution in [3.63, 3.8) is 0 Å². The molecule has 0 spiro atoms. The highest BCUT2D eigenvalue weighted by Gasteiger charge is 2.22. The molecule has 4 nitrogen and oxygen atoms in total. The maximum absolute atomic E-state index is 5.90. The third kappa shape index (κ3) is 2.06. The number of aromatic amines is 1. The first-order chi connectivity index (χ1) is 8.72. The molecular weight excluding hydrogens is 228 g/mol. The van der Waals surface area contributed by atoms with Crippen LogP contribution in [0.3, 0.4) is 0 Å². The van der Waals surface area contributed by atoms with Gasteiger partial charge in [0.15, 0.2) is 11.5 Å². The second kappa shape index (κ2) is 4.37. The van der Waals surface area contributed by atoms with Gasteiger partial charge in [0.05, 0.1) is 5.69 Å². The van der Waals surface area contributed by atoms with E-state index in [1.807, 2.05) is 38.1 Å². The summed E-state index contributed by atoms with van der Waals surface area (Å²) in [5, 5.41) is 0. The number of hydrogen-bond donors (Lipinski definition) is 1. The van der Waals surface area contributed by atoms with E-state index in [-0.39, 0.29) is 6.10 Å². The number of nitrogens with zero attached hydrogens (tertiary/aromatic N) is 1. The zero-order chi connectivity index (χ0) is 12.5. The highest BCUT2D eigenvalue weighted by atomic mass is 16.6. The van der Waals surface area contributed by atoms with E-state index in [2.05, 4.69) is 9.97 Å². The Balaban J connectivity index is 1.73. The van der Waals surface area contributed by atoms with Crippen molar-refractivity contribution in [2.45, 2.75) is 26.4 Å². The normalized spacial score (nSPS) is 17.8. The van der Waals surface area contributed by atoms with E-state index in [9.17, 15) is 0 Å². The van der Waals surface area contributed by atoms with Crippen LogP contribution in [0.2, 0.25) is 0 Å². The van der Waals surface area contributed by atoms with E-state index in [1.54, 1.807) is 0 Å². The molecule has 0 saturated heterocycles. The second-order valence-corrected chi connectivity index (χ2v) is 4.60. The Morgan fingerprint density at radius 2 is 2.06 bits per heavy atom. The van der Waals surface area contributed by atoms with E-state index < -0.39 is 0 Å². The van der Waals surface area contributed by atoms with Gasteiger partial charge >= 0.3 is 0 Å². The molecule has 2 aromatic rings. The molecule has 0 radical (unpaired) electrons. The van der Waals surface area contributed by atoms with Gasteiger partial charge in [-0.25, -0.2) is 4.98 Å². The average Bonchev–Trinajstić information content (AvgIpc) is 2.68. The highest BCUT2D eigenvalue weighted by Crippen LogP contribution is 2.31. The van der Waals surface area contributed by atoms with Gasteiger partial charge in [0.2, 0.25) is 0 Å². The largest absolute Gasteiger partial charge is 0.486 e. The van der Waals surface area contributed by atoms with E-state index in [4.69, 9.17) is 9.47 Å². The van der Waals surface area contributed by atoms with Gasteiger partial charge in [0, 0.05) is 12.1 Å². The fourth-order valence-electron chi connectivity index (χ4n) is 2.10. The lowest BCUT2D eigenvalue weighted by Crippen LogP contribution is -2.31. The summed E-state index contributed by atoms with van der Waals surface area (Å²) in [6.07, 6.45) is 0.757. The lowest BCUT2D eigenvalue weighted by Gasteiger charge is -2.25. The van der Waals surface area contributed by atoms with Crippen LogP contribution in [0.4, 0.5) is 0 Å². The number of benzene rings is 1. The van der Waals surface area contributed by atoms with Crippen molar-refractivity contribution in [2.24, 2.45) is 0 Å². The van der Waals surface area contributed by atoms with Gasteiger partial charge in [-0.05, 0) is 26.0 Å². The summed E-state index contributed by atoms with van der Waals surface area (Å²) in [5.74, 6) is 2.59. The molecule has 4 heteroatoms. The fraction of sp³-hybridized carbons (Fsp3) is 0.357. The molecule has 18 heavy (non-hydrogen) atoms. The lowest BCUT2D eigenvalue weighted by molar-refractivity contribution is 0.0900. The first-order valence-corrected chi connectivity index (χ1v) is 6.13. The van der Waals surface area contributed by atoms with Gasteiger partial charge in [-0.3, -0.25) is 0 Å². The van der Waals surface area contributed by atoms with Gasteiger partial charge < -0.3 is 14.5 Å². The Bertz CT molecular complexity index is 543. The standard InChI is InChI=1S/C14H16N2O2/c1-9-10(2)16-14(15-9)7-11-8-17-12-5-3-4-6-13(12)18-11/h3-6,11H,7-8H2,1-2H3,(H,15,16). The van der Waals surface area contributed by atoms with E-state index in [0.717, 1.165) is 35.1 Å². The molecule has 3 rings (SSSR count). The van der Waals surface area contributed by atoms with Gasteiger partial charge in [0.25, 0.3) is 0 Å². The van der Waals surface area contributed by atoms with E-state index in [0.29, 0.717) is 6.61 Å². The highest BCUT2D eigenvalue weighted by molar-refractivity contribution is 5.40. The molecular formula is C14H16N2O2. The molecule has 1 unspecified atom stereocenters. The predicted octanol–water partition coefficient (Wildman–Crippen LogP) is 2.41. The second-order valence-electron chi connectivity index (χ2n) is 4.60. The van der Waals surface area contributed by atoms with Gasteiger partial charge in [-0.1, -0.05) is 12.1 Å². The first kappa shape index (κ1) is 11.1. The van der Waals surface area contributed by atoms with Crippen molar-refractivity contribution in [3.8, 4) is 11.5 Å². The zero-order valence-corrected chi connectivity index (χ0v) is 10.6. The molecule has 1 aromatic carbocycles. The van der Waals surface area contributed by atoms with Gasteiger partial charge in [-0.15, -0.1) is 0 Å². The van der Waals surface area contributed by atoms with Crippen molar-refractivity contribution in [2.75, 3.05) is 6.61 Å². The molecule has 1 aliphatic heterocycles. The van der Waals surface area contributed by atoms with Crippen molar-refractivity contribution in [3.05, 3.63) is 41.5 Å². The molecule has 0 amide bonds. The number of para-hydroxylation sites is 2. The number of fused-ring (bicyclic) bond motifs is 1.